The fraction of sp³-hybridized carbons (Fsp3) is 1.00. The van der Waals surface area contributed by atoms with Crippen LogP contribution in [-0.2, 0) is 14.2 Å². The van der Waals surface area contributed by atoms with Crippen molar-refractivity contribution in [1.29, 1.82) is 0 Å². The molecule has 0 spiro atoms. The van der Waals surface area contributed by atoms with Crippen molar-refractivity contribution >= 4 is 0 Å². The lowest BCUT2D eigenvalue weighted by atomic mass is 10.6. The van der Waals surface area contributed by atoms with E-state index in [4.69, 9.17) is 19.3 Å². The van der Waals surface area contributed by atoms with E-state index in [1.807, 2.05) is 4.90 Å². The second kappa shape index (κ2) is 6.33. The van der Waals surface area contributed by atoms with Gasteiger partial charge in [0.2, 0.25) is 0 Å². The van der Waals surface area contributed by atoms with E-state index in [1.54, 1.807) is 0 Å². The molecule has 1 aliphatic rings. The lowest BCUT2D eigenvalue weighted by Crippen LogP contribution is -2.37. The van der Waals surface area contributed by atoms with E-state index in [2.05, 4.69) is 0 Å². The van der Waals surface area contributed by atoms with Crippen molar-refractivity contribution in [3.63, 3.8) is 0 Å². The summed E-state index contributed by atoms with van der Waals surface area (Å²) in [6, 6.07) is 0. The maximum atomic E-state index is 8.42. The molecule has 0 unspecified atom stereocenters. The molecular formula is C7H15NO4. The third-order valence-corrected chi connectivity index (χ3v) is 1.50. The minimum atomic E-state index is 0.0764. The maximum absolute atomic E-state index is 8.42. The predicted octanol–water partition coefficient (Wildman–Crippen LogP) is -0.783. The maximum Gasteiger partial charge on any atom is 0.150 e. The summed E-state index contributed by atoms with van der Waals surface area (Å²) in [6.45, 7) is 3.44. The first-order chi connectivity index (χ1) is 5.93. The molecule has 1 heterocycles. The van der Waals surface area contributed by atoms with E-state index in [9.17, 15) is 0 Å². The van der Waals surface area contributed by atoms with Crippen LogP contribution in [0.4, 0.5) is 0 Å². The highest BCUT2D eigenvalue weighted by molar-refractivity contribution is 4.48. The SMILES string of the molecule is OCCOCCN1COCOC1. The fourth-order valence-electron chi connectivity index (χ4n) is 0.918. The summed E-state index contributed by atoms with van der Waals surface area (Å²) in [4.78, 5) is 1.99. The van der Waals surface area contributed by atoms with E-state index < -0.39 is 0 Å². The number of nitrogens with zero attached hydrogens (tertiary/aromatic N) is 1. The van der Waals surface area contributed by atoms with Crippen LogP contribution in [-0.4, -0.2) is 56.6 Å². The molecule has 0 saturated carbocycles. The Kier molecular flexibility index (Phi) is 5.21. The van der Waals surface area contributed by atoms with Gasteiger partial charge in [-0.2, -0.15) is 0 Å². The fourth-order valence-corrected chi connectivity index (χ4v) is 0.918. The smallest absolute Gasteiger partial charge is 0.150 e. The van der Waals surface area contributed by atoms with Crippen LogP contribution in [0.2, 0.25) is 0 Å². The molecule has 1 saturated heterocycles. The minimum Gasteiger partial charge on any atom is -0.394 e. The zero-order chi connectivity index (χ0) is 8.65. The quantitative estimate of drug-likeness (QED) is 0.558. The molecule has 5 heteroatoms. The standard InChI is InChI=1S/C7H15NO4/c9-2-4-10-3-1-8-5-11-7-12-6-8/h9H,1-7H2. The van der Waals surface area contributed by atoms with Crippen LogP contribution < -0.4 is 0 Å². The van der Waals surface area contributed by atoms with Crippen molar-refractivity contribution < 1.29 is 19.3 Å². The highest BCUT2D eigenvalue weighted by Gasteiger charge is 2.08. The van der Waals surface area contributed by atoms with Gasteiger partial charge in [-0.05, 0) is 0 Å². The van der Waals surface area contributed by atoms with E-state index in [-0.39, 0.29) is 6.61 Å². The van der Waals surface area contributed by atoms with Gasteiger partial charge >= 0.3 is 0 Å². The normalized spacial score (nSPS) is 19.8. The van der Waals surface area contributed by atoms with Crippen molar-refractivity contribution in [3.8, 4) is 0 Å². The van der Waals surface area contributed by atoms with E-state index in [1.165, 1.54) is 0 Å². The Morgan fingerprint density at radius 1 is 1.25 bits per heavy atom. The number of hydrogen-bond donors (Lipinski definition) is 1. The average Bonchev–Trinajstić information content (AvgIpc) is 2.14. The zero-order valence-electron chi connectivity index (χ0n) is 7.07. The Morgan fingerprint density at radius 3 is 2.67 bits per heavy atom. The molecular weight excluding hydrogens is 162 g/mol. The first-order valence-electron chi connectivity index (χ1n) is 4.00. The van der Waals surface area contributed by atoms with Crippen LogP contribution in [0.5, 0.6) is 0 Å². The monoisotopic (exact) mass is 177 g/mol. The van der Waals surface area contributed by atoms with Gasteiger partial charge in [-0.1, -0.05) is 0 Å². The summed E-state index contributed by atoms with van der Waals surface area (Å²) in [7, 11) is 0. The van der Waals surface area contributed by atoms with Gasteiger partial charge in [0.15, 0.2) is 0 Å². The Balaban J connectivity index is 1.91. The van der Waals surface area contributed by atoms with Crippen LogP contribution in [0.1, 0.15) is 0 Å². The Hall–Kier alpha value is -0.200. The van der Waals surface area contributed by atoms with E-state index in [0.29, 0.717) is 33.5 Å². The van der Waals surface area contributed by atoms with Crippen molar-refractivity contribution in [2.45, 2.75) is 0 Å². The van der Waals surface area contributed by atoms with Gasteiger partial charge in [-0.3, -0.25) is 4.90 Å². The third-order valence-electron chi connectivity index (χ3n) is 1.50. The van der Waals surface area contributed by atoms with Crippen molar-refractivity contribution in [1.82, 2.24) is 4.90 Å². The molecule has 0 bridgehead atoms. The van der Waals surface area contributed by atoms with Crippen LogP contribution in [0.15, 0.2) is 0 Å². The number of aliphatic hydroxyl groups is 1. The van der Waals surface area contributed by atoms with Crippen molar-refractivity contribution in [3.05, 3.63) is 0 Å². The van der Waals surface area contributed by atoms with Gasteiger partial charge in [-0.15, -0.1) is 0 Å². The molecule has 0 aromatic heterocycles. The van der Waals surface area contributed by atoms with Gasteiger partial charge in [0.25, 0.3) is 0 Å². The molecule has 0 aromatic carbocycles. The zero-order valence-corrected chi connectivity index (χ0v) is 7.07. The first kappa shape index (κ1) is 9.88. The molecule has 0 atom stereocenters. The van der Waals surface area contributed by atoms with Crippen LogP contribution in [0.25, 0.3) is 0 Å². The molecule has 1 N–H and O–H groups in total. The Bertz CT molecular complexity index is 106. The lowest BCUT2D eigenvalue weighted by molar-refractivity contribution is -0.185. The molecule has 0 radical (unpaired) electrons. The highest BCUT2D eigenvalue weighted by atomic mass is 16.7. The average molecular weight is 177 g/mol. The molecule has 0 aromatic rings. The lowest BCUT2D eigenvalue weighted by Gasteiger charge is -2.26. The summed E-state index contributed by atoms with van der Waals surface area (Å²) in [6.07, 6.45) is 0. The third kappa shape index (κ3) is 3.99. The van der Waals surface area contributed by atoms with Crippen LogP contribution >= 0.6 is 0 Å². The second-order valence-corrected chi connectivity index (χ2v) is 2.51. The van der Waals surface area contributed by atoms with Crippen molar-refractivity contribution in [2.24, 2.45) is 0 Å². The van der Waals surface area contributed by atoms with Crippen LogP contribution in [0, 0.1) is 0 Å². The highest BCUT2D eigenvalue weighted by Crippen LogP contribution is 1.96. The number of hydrogen-bond acceptors (Lipinski definition) is 5. The molecule has 12 heavy (non-hydrogen) atoms. The molecule has 1 fully saturated rings. The topological polar surface area (TPSA) is 51.2 Å². The first-order valence-corrected chi connectivity index (χ1v) is 4.00. The van der Waals surface area contributed by atoms with Gasteiger partial charge < -0.3 is 19.3 Å². The number of ether oxygens (including phenoxy) is 3. The molecule has 72 valence electrons. The van der Waals surface area contributed by atoms with Crippen molar-refractivity contribution in [2.75, 3.05) is 46.6 Å². The molecule has 1 rings (SSSR count). The van der Waals surface area contributed by atoms with Gasteiger partial charge in [-0.25, -0.2) is 0 Å². The summed E-state index contributed by atoms with van der Waals surface area (Å²) in [5, 5.41) is 8.42. The minimum absolute atomic E-state index is 0.0764. The number of rotatable bonds is 5. The summed E-state index contributed by atoms with van der Waals surface area (Å²) in [5.41, 5.74) is 0. The van der Waals surface area contributed by atoms with E-state index in [0.717, 1.165) is 6.54 Å². The number of aliphatic hydroxyl groups excluding tert-OH is 1. The summed E-state index contributed by atoms with van der Waals surface area (Å²) >= 11 is 0. The van der Waals surface area contributed by atoms with Gasteiger partial charge in [0.1, 0.15) is 20.3 Å². The second-order valence-electron chi connectivity index (χ2n) is 2.51. The summed E-state index contributed by atoms with van der Waals surface area (Å²) < 4.78 is 15.2. The summed E-state index contributed by atoms with van der Waals surface area (Å²) in [5.74, 6) is 0. The van der Waals surface area contributed by atoms with Gasteiger partial charge in [0, 0.05) is 6.54 Å². The Labute approximate surface area is 71.8 Å². The molecule has 0 aliphatic carbocycles. The largest absolute Gasteiger partial charge is 0.394 e. The molecule has 1 aliphatic heterocycles. The molecule has 5 nitrogen and oxygen atoms in total. The Morgan fingerprint density at radius 2 is 2.00 bits per heavy atom. The molecule has 0 amide bonds. The van der Waals surface area contributed by atoms with Crippen LogP contribution in [0.3, 0.4) is 0 Å². The van der Waals surface area contributed by atoms with E-state index >= 15 is 0 Å². The van der Waals surface area contributed by atoms with Gasteiger partial charge in [0.05, 0.1) is 19.8 Å². The predicted molar refractivity (Wildman–Crippen MR) is 41.4 cm³/mol.